The number of benzene rings is 1. The molecule has 1 atom stereocenters. The molecule has 0 saturated carbocycles. The van der Waals surface area contributed by atoms with E-state index >= 15 is 0 Å². The van der Waals surface area contributed by atoms with E-state index in [-0.39, 0.29) is 5.82 Å². The van der Waals surface area contributed by atoms with Gasteiger partial charge < -0.3 is 0 Å². The molecule has 1 unspecified atom stereocenters. The second-order valence-corrected chi connectivity index (χ2v) is 8.04. The van der Waals surface area contributed by atoms with E-state index in [9.17, 15) is 4.39 Å². The average Bonchev–Trinajstić information content (AvgIpc) is 3.38. The van der Waals surface area contributed by atoms with Crippen LogP contribution in [0.5, 0.6) is 0 Å². The molecule has 5 heteroatoms. The highest BCUT2D eigenvalue weighted by atomic mass is 19.1. The lowest BCUT2D eigenvalue weighted by Gasteiger charge is -2.28. The van der Waals surface area contributed by atoms with Crippen LogP contribution in [-0.4, -0.2) is 39.2 Å². The number of H-pyrrole nitrogens is 1. The van der Waals surface area contributed by atoms with E-state index in [1.807, 2.05) is 12.1 Å². The maximum atomic E-state index is 13.5. The van der Waals surface area contributed by atoms with Crippen molar-refractivity contribution in [2.45, 2.75) is 32.2 Å². The molecule has 0 radical (unpaired) electrons. The van der Waals surface area contributed by atoms with Crippen LogP contribution in [0.4, 0.5) is 4.39 Å². The minimum atomic E-state index is -0.241. The summed E-state index contributed by atoms with van der Waals surface area (Å²) in [5.41, 5.74) is 7.74. The summed E-state index contributed by atoms with van der Waals surface area (Å²) in [5.74, 6) is -0.241. The van der Waals surface area contributed by atoms with Crippen molar-refractivity contribution in [1.82, 2.24) is 20.1 Å². The van der Waals surface area contributed by atoms with Crippen molar-refractivity contribution in [3.8, 4) is 22.4 Å². The largest absolute Gasteiger partial charge is 0.289 e. The standard InChI is InChI=1S/C25H25FN4/c1-2-3-17-14-22-15-20(10-13-30(22)16-17)25-23(18-8-11-27-12-9-18)24(28-29-25)19-4-6-21(26)7-5-19/h4-9,11-12,14-15,22H,2-3,10,13,16H2,1H3,(H,28,29). The smallest absolute Gasteiger partial charge is 0.123 e. The van der Waals surface area contributed by atoms with Crippen molar-refractivity contribution in [1.29, 1.82) is 0 Å². The van der Waals surface area contributed by atoms with Crippen molar-refractivity contribution >= 4 is 5.57 Å². The molecule has 0 aliphatic carbocycles. The van der Waals surface area contributed by atoms with Gasteiger partial charge in [0.25, 0.3) is 0 Å². The quantitative estimate of drug-likeness (QED) is 0.577. The first-order valence-corrected chi connectivity index (χ1v) is 10.6. The number of hydrogen-bond donors (Lipinski definition) is 1. The van der Waals surface area contributed by atoms with Gasteiger partial charge in [-0.1, -0.05) is 31.1 Å². The van der Waals surface area contributed by atoms with Gasteiger partial charge in [-0.15, -0.1) is 0 Å². The van der Waals surface area contributed by atoms with Crippen LogP contribution in [0, 0.1) is 5.82 Å². The van der Waals surface area contributed by atoms with Gasteiger partial charge in [-0.2, -0.15) is 5.10 Å². The van der Waals surface area contributed by atoms with Crippen LogP contribution >= 0.6 is 0 Å². The number of halogens is 1. The number of fused-ring (bicyclic) bond motifs is 1. The predicted octanol–water partition coefficient (Wildman–Crippen LogP) is 5.48. The van der Waals surface area contributed by atoms with Crippen molar-refractivity contribution in [3.05, 3.63) is 78.0 Å². The monoisotopic (exact) mass is 400 g/mol. The van der Waals surface area contributed by atoms with Gasteiger partial charge in [-0.3, -0.25) is 15.0 Å². The molecule has 1 aromatic carbocycles. The Morgan fingerprint density at radius 3 is 2.63 bits per heavy atom. The Balaban J connectivity index is 1.59. The highest BCUT2D eigenvalue weighted by Crippen LogP contribution is 2.39. The molecule has 2 aliphatic heterocycles. The number of rotatable bonds is 5. The minimum Gasteiger partial charge on any atom is -0.289 e. The van der Waals surface area contributed by atoms with E-state index in [0.29, 0.717) is 6.04 Å². The fourth-order valence-corrected chi connectivity index (χ4v) is 4.58. The molecule has 0 bridgehead atoms. The summed E-state index contributed by atoms with van der Waals surface area (Å²) in [6.07, 6.45) is 11.7. The molecular weight excluding hydrogens is 375 g/mol. The van der Waals surface area contributed by atoms with E-state index in [1.54, 1.807) is 30.1 Å². The maximum absolute atomic E-state index is 13.5. The summed E-state index contributed by atoms with van der Waals surface area (Å²) in [5, 5.41) is 7.97. The molecular formula is C25H25FN4. The summed E-state index contributed by atoms with van der Waals surface area (Å²) in [7, 11) is 0. The molecule has 152 valence electrons. The molecule has 0 saturated heterocycles. The third-order valence-electron chi connectivity index (χ3n) is 6.02. The maximum Gasteiger partial charge on any atom is 0.123 e. The number of pyridine rings is 1. The number of nitrogens with zero attached hydrogens (tertiary/aromatic N) is 3. The van der Waals surface area contributed by atoms with E-state index in [2.05, 4.69) is 34.1 Å². The van der Waals surface area contributed by atoms with Crippen molar-refractivity contribution < 1.29 is 4.39 Å². The molecule has 2 aromatic heterocycles. The van der Waals surface area contributed by atoms with Crippen molar-refractivity contribution in [2.24, 2.45) is 0 Å². The van der Waals surface area contributed by atoms with Gasteiger partial charge in [-0.25, -0.2) is 4.39 Å². The summed E-state index contributed by atoms with van der Waals surface area (Å²) in [6, 6.07) is 10.9. The van der Waals surface area contributed by atoms with Crippen LogP contribution in [-0.2, 0) is 0 Å². The van der Waals surface area contributed by atoms with Gasteiger partial charge in [0, 0.05) is 42.7 Å². The summed E-state index contributed by atoms with van der Waals surface area (Å²) < 4.78 is 13.5. The van der Waals surface area contributed by atoms with Crippen LogP contribution in [0.1, 0.15) is 31.9 Å². The molecule has 0 fully saturated rings. The fourth-order valence-electron chi connectivity index (χ4n) is 4.58. The van der Waals surface area contributed by atoms with E-state index in [4.69, 9.17) is 5.10 Å². The first kappa shape index (κ1) is 18.9. The molecule has 30 heavy (non-hydrogen) atoms. The molecule has 5 rings (SSSR count). The Morgan fingerprint density at radius 2 is 1.87 bits per heavy atom. The van der Waals surface area contributed by atoms with E-state index in [1.165, 1.54) is 30.5 Å². The highest BCUT2D eigenvalue weighted by molar-refractivity contribution is 5.89. The Labute approximate surface area is 176 Å². The van der Waals surface area contributed by atoms with Gasteiger partial charge in [0.1, 0.15) is 5.82 Å². The number of hydrogen-bond acceptors (Lipinski definition) is 3. The van der Waals surface area contributed by atoms with Crippen molar-refractivity contribution in [3.63, 3.8) is 0 Å². The Bertz CT molecular complexity index is 1100. The summed E-state index contributed by atoms with van der Waals surface area (Å²) in [6.45, 7) is 4.36. The third kappa shape index (κ3) is 3.50. The van der Waals surface area contributed by atoms with E-state index in [0.717, 1.165) is 47.6 Å². The Hall–Kier alpha value is -3.05. The fraction of sp³-hybridized carbons (Fsp3) is 0.280. The normalized spacial score (nSPS) is 18.8. The lowest BCUT2D eigenvalue weighted by Crippen LogP contribution is -2.33. The van der Waals surface area contributed by atoms with Crippen LogP contribution in [0.2, 0.25) is 0 Å². The number of aromatic nitrogens is 3. The van der Waals surface area contributed by atoms with E-state index < -0.39 is 0 Å². The Kier molecular flexibility index (Phi) is 5.05. The Morgan fingerprint density at radius 1 is 1.07 bits per heavy atom. The lowest BCUT2D eigenvalue weighted by molar-refractivity contribution is 0.299. The first-order chi connectivity index (χ1) is 14.7. The van der Waals surface area contributed by atoms with Crippen molar-refractivity contribution in [2.75, 3.05) is 13.1 Å². The second-order valence-electron chi connectivity index (χ2n) is 8.04. The zero-order valence-corrected chi connectivity index (χ0v) is 17.1. The average molecular weight is 401 g/mol. The topological polar surface area (TPSA) is 44.8 Å². The minimum absolute atomic E-state index is 0.241. The number of nitrogens with one attached hydrogen (secondary N) is 1. The predicted molar refractivity (Wildman–Crippen MR) is 118 cm³/mol. The second kappa shape index (κ2) is 8.00. The molecule has 0 spiro atoms. The molecule has 2 aliphatic rings. The first-order valence-electron chi connectivity index (χ1n) is 10.6. The highest BCUT2D eigenvalue weighted by Gasteiger charge is 2.29. The van der Waals surface area contributed by atoms with Gasteiger partial charge in [-0.05, 0) is 60.4 Å². The zero-order chi connectivity index (χ0) is 20.5. The van der Waals surface area contributed by atoms with Gasteiger partial charge in [0.05, 0.1) is 11.4 Å². The molecule has 3 aromatic rings. The van der Waals surface area contributed by atoms with Crippen LogP contribution < -0.4 is 0 Å². The van der Waals surface area contributed by atoms with Gasteiger partial charge in [0.15, 0.2) is 0 Å². The summed E-state index contributed by atoms with van der Waals surface area (Å²) >= 11 is 0. The molecule has 1 N–H and O–H groups in total. The number of aromatic amines is 1. The lowest BCUT2D eigenvalue weighted by atomic mass is 9.93. The van der Waals surface area contributed by atoms with Crippen LogP contribution in [0.3, 0.4) is 0 Å². The third-order valence-corrected chi connectivity index (χ3v) is 6.02. The van der Waals surface area contributed by atoms with Gasteiger partial charge >= 0.3 is 0 Å². The van der Waals surface area contributed by atoms with Crippen LogP contribution in [0.25, 0.3) is 28.0 Å². The molecule has 4 heterocycles. The molecule has 0 amide bonds. The SMILES string of the molecule is CCCC1=CC2C=C(c3n[nH]c(-c4ccc(F)cc4)c3-c3ccncc3)CCN2C1. The van der Waals surface area contributed by atoms with Gasteiger partial charge in [0.2, 0.25) is 0 Å². The summed E-state index contributed by atoms with van der Waals surface area (Å²) in [4.78, 5) is 6.71. The molecule has 4 nitrogen and oxygen atoms in total. The van der Waals surface area contributed by atoms with Crippen LogP contribution in [0.15, 0.2) is 66.5 Å². The zero-order valence-electron chi connectivity index (χ0n) is 17.1.